The van der Waals surface area contributed by atoms with E-state index in [1.807, 2.05) is 6.08 Å². The molecule has 0 spiro atoms. The molecule has 0 bridgehead atoms. The van der Waals surface area contributed by atoms with Crippen molar-refractivity contribution in [3.63, 3.8) is 0 Å². The van der Waals surface area contributed by atoms with E-state index in [2.05, 4.69) is 20.4 Å². The minimum Gasteiger partial charge on any atom is -0.481 e. The molecule has 4 nitrogen and oxygen atoms in total. The van der Waals surface area contributed by atoms with Gasteiger partial charge < -0.3 is 14.7 Å². The van der Waals surface area contributed by atoms with Crippen molar-refractivity contribution in [3.05, 3.63) is 12.7 Å². The maximum Gasteiger partial charge on any atom is 0.311 e. The lowest BCUT2D eigenvalue weighted by molar-refractivity contribution is -0.929. The highest BCUT2D eigenvalue weighted by molar-refractivity contribution is 5.69. The van der Waals surface area contributed by atoms with E-state index in [1.165, 1.54) is 0 Å². The maximum atomic E-state index is 11.1. The van der Waals surface area contributed by atoms with E-state index in [4.69, 9.17) is 5.11 Å². The molecular weight excluding hydrogens is 254 g/mol. The molecule has 4 heteroatoms. The third-order valence-electron chi connectivity index (χ3n) is 4.22. The normalized spacial score (nSPS) is 14.8. The van der Waals surface area contributed by atoms with Crippen LogP contribution in [0, 0.1) is 5.92 Å². The van der Waals surface area contributed by atoms with Crippen LogP contribution in [0.4, 0.5) is 0 Å². The number of rotatable bonds is 12. The number of likely N-dealkylation sites (N-methyl/N-ethyl adjacent to an activating group) is 1. The van der Waals surface area contributed by atoms with Gasteiger partial charge in [0.25, 0.3) is 0 Å². The van der Waals surface area contributed by atoms with Crippen molar-refractivity contribution < 1.29 is 19.5 Å². The Morgan fingerprint density at radius 2 is 1.85 bits per heavy atom. The molecule has 2 atom stereocenters. The first-order valence-electron chi connectivity index (χ1n) is 7.77. The van der Waals surface area contributed by atoms with Crippen molar-refractivity contribution in [2.75, 3.05) is 26.2 Å². The summed E-state index contributed by atoms with van der Waals surface area (Å²) in [6.07, 6.45) is 5.39. The molecule has 2 N–H and O–H groups in total. The predicted octanol–water partition coefficient (Wildman–Crippen LogP) is 2.67. The van der Waals surface area contributed by atoms with E-state index in [0.717, 1.165) is 38.8 Å². The van der Waals surface area contributed by atoms with E-state index in [9.17, 15) is 9.90 Å². The summed E-state index contributed by atoms with van der Waals surface area (Å²) in [7, 11) is 0. The van der Waals surface area contributed by atoms with Gasteiger partial charge >= 0.3 is 5.97 Å². The Morgan fingerprint density at radius 3 is 2.30 bits per heavy atom. The molecule has 0 aromatic rings. The molecule has 118 valence electrons. The molecule has 20 heavy (non-hydrogen) atoms. The van der Waals surface area contributed by atoms with Crippen LogP contribution < -0.4 is 0 Å². The third-order valence-corrected chi connectivity index (χ3v) is 4.22. The summed E-state index contributed by atoms with van der Waals surface area (Å²) in [5, 5.41) is 19.3. The van der Waals surface area contributed by atoms with Crippen LogP contribution in [-0.4, -0.2) is 52.9 Å². The van der Waals surface area contributed by atoms with E-state index < -0.39 is 5.97 Å². The number of aliphatic carboxylic acids is 1. The Balaban J connectivity index is 4.42. The predicted molar refractivity (Wildman–Crippen MR) is 82.5 cm³/mol. The second kappa shape index (κ2) is 9.94. The summed E-state index contributed by atoms with van der Waals surface area (Å²) < 4.78 is 0.677. The molecule has 0 amide bonds. The fraction of sp³-hybridized carbons (Fsp3) is 0.812. The third kappa shape index (κ3) is 7.06. The summed E-state index contributed by atoms with van der Waals surface area (Å²) >= 11 is 0. The zero-order valence-electron chi connectivity index (χ0n) is 13.3. The number of unbranched alkanes of at least 4 members (excludes halogenated alkanes) is 2. The number of hydrogen-bond donors (Lipinski definition) is 2. The molecule has 0 fully saturated rings. The number of nitrogens with zero attached hydrogens (tertiary/aromatic N) is 1. The Labute approximate surface area is 123 Å². The first kappa shape index (κ1) is 19.1. The van der Waals surface area contributed by atoms with E-state index in [0.29, 0.717) is 17.6 Å². The average molecular weight is 286 g/mol. The Morgan fingerprint density at radius 1 is 1.25 bits per heavy atom. The molecule has 0 aliphatic carbocycles. The van der Waals surface area contributed by atoms with Crippen molar-refractivity contribution in [2.24, 2.45) is 5.92 Å². The fourth-order valence-electron chi connectivity index (χ4n) is 2.68. The number of allylic oxidation sites excluding steroid dienone is 1. The number of hydrogen-bond acceptors (Lipinski definition) is 2. The van der Waals surface area contributed by atoms with Crippen LogP contribution >= 0.6 is 0 Å². The Hall–Kier alpha value is -0.870. The lowest BCUT2D eigenvalue weighted by atomic mass is 10.1. The van der Waals surface area contributed by atoms with Gasteiger partial charge in [-0.2, -0.15) is 0 Å². The molecule has 0 radical (unpaired) electrons. The summed E-state index contributed by atoms with van der Waals surface area (Å²) in [4.78, 5) is 11.1. The summed E-state index contributed by atoms with van der Waals surface area (Å²) in [6.45, 7) is 12.5. The van der Waals surface area contributed by atoms with Crippen LogP contribution in [0.15, 0.2) is 12.7 Å². The van der Waals surface area contributed by atoms with Gasteiger partial charge in [0.2, 0.25) is 0 Å². The number of quaternary nitrogens is 1. The minimum absolute atomic E-state index is 0.347. The minimum atomic E-state index is -0.755. The highest BCUT2D eigenvalue weighted by Gasteiger charge is 2.31. The van der Waals surface area contributed by atoms with Gasteiger partial charge in [-0.1, -0.05) is 12.5 Å². The number of carbonyl (C=O) groups is 1. The zero-order valence-corrected chi connectivity index (χ0v) is 13.3. The summed E-state index contributed by atoms with van der Waals surface area (Å²) in [5.41, 5.74) is 0. The number of aliphatic hydroxyl groups excluding tert-OH is 1. The molecule has 0 saturated heterocycles. The van der Waals surface area contributed by atoms with Crippen LogP contribution in [-0.2, 0) is 4.79 Å². The SMILES string of the molecule is C=CCCCCC(O)C[N+](CC)(CC)CC(C)C(=O)O. The second-order valence-electron chi connectivity index (χ2n) is 5.81. The molecule has 2 unspecified atom stereocenters. The average Bonchev–Trinajstić information content (AvgIpc) is 2.42. The molecule has 0 saturated carbocycles. The first-order chi connectivity index (χ1) is 9.40. The molecule has 0 heterocycles. The van der Waals surface area contributed by atoms with Crippen molar-refractivity contribution >= 4 is 5.97 Å². The first-order valence-corrected chi connectivity index (χ1v) is 7.77. The summed E-state index contributed by atoms with van der Waals surface area (Å²) in [5.74, 6) is -1.13. The Kier molecular flexibility index (Phi) is 9.51. The number of carboxylic acids is 1. The zero-order chi connectivity index (χ0) is 15.6. The highest BCUT2D eigenvalue weighted by Crippen LogP contribution is 2.16. The summed E-state index contributed by atoms with van der Waals surface area (Å²) in [6, 6.07) is 0. The molecule has 0 aromatic carbocycles. The van der Waals surface area contributed by atoms with Crippen molar-refractivity contribution in [1.82, 2.24) is 0 Å². The smallest absolute Gasteiger partial charge is 0.311 e. The highest BCUT2D eigenvalue weighted by atomic mass is 16.4. The lowest BCUT2D eigenvalue weighted by Crippen LogP contribution is -2.55. The van der Waals surface area contributed by atoms with Crippen LogP contribution in [0.2, 0.25) is 0 Å². The van der Waals surface area contributed by atoms with E-state index in [-0.39, 0.29) is 12.0 Å². The van der Waals surface area contributed by atoms with Gasteiger partial charge in [0, 0.05) is 0 Å². The van der Waals surface area contributed by atoms with E-state index >= 15 is 0 Å². The van der Waals surface area contributed by atoms with Crippen LogP contribution in [0.1, 0.15) is 46.5 Å². The fourth-order valence-corrected chi connectivity index (χ4v) is 2.68. The molecular formula is C16H32NO3+. The maximum absolute atomic E-state index is 11.1. The molecule has 0 aromatic heterocycles. The van der Waals surface area contributed by atoms with Crippen LogP contribution in [0.25, 0.3) is 0 Å². The van der Waals surface area contributed by atoms with Crippen LogP contribution in [0.3, 0.4) is 0 Å². The molecule has 0 rings (SSSR count). The van der Waals surface area contributed by atoms with Crippen molar-refractivity contribution in [3.8, 4) is 0 Å². The standard InChI is InChI=1S/C16H31NO3/c1-5-8-9-10-11-15(18)13-17(6-2,7-3)12-14(4)16(19)20/h5,14-15,18H,1,6-13H2,2-4H3/p+1. The second-order valence-corrected chi connectivity index (χ2v) is 5.81. The van der Waals surface area contributed by atoms with Gasteiger partial charge in [0.15, 0.2) is 0 Å². The van der Waals surface area contributed by atoms with E-state index in [1.54, 1.807) is 6.92 Å². The van der Waals surface area contributed by atoms with Gasteiger partial charge in [-0.3, -0.25) is 4.79 Å². The van der Waals surface area contributed by atoms with Crippen molar-refractivity contribution in [1.29, 1.82) is 0 Å². The molecule has 0 aliphatic rings. The van der Waals surface area contributed by atoms with Gasteiger partial charge in [0.1, 0.15) is 18.6 Å². The molecule has 0 aliphatic heterocycles. The quantitative estimate of drug-likeness (QED) is 0.329. The number of aliphatic hydroxyl groups is 1. The van der Waals surface area contributed by atoms with Gasteiger partial charge in [-0.05, 0) is 40.0 Å². The van der Waals surface area contributed by atoms with Crippen LogP contribution in [0.5, 0.6) is 0 Å². The largest absolute Gasteiger partial charge is 0.481 e. The van der Waals surface area contributed by atoms with Gasteiger partial charge in [-0.15, -0.1) is 6.58 Å². The monoisotopic (exact) mass is 286 g/mol. The lowest BCUT2D eigenvalue weighted by Gasteiger charge is -2.39. The van der Waals surface area contributed by atoms with Gasteiger partial charge in [0.05, 0.1) is 19.6 Å². The topological polar surface area (TPSA) is 57.5 Å². The van der Waals surface area contributed by atoms with Crippen molar-refractivity contribution in [2.45, 2.75) is 52.6 Å². The van der Waals surface area contributed by atoms with Gasteiger partial charge in [-0.25, -0.2) is 0 Å². The Bertz CT molecular complexity index is 287. The number of carboxylic acid groups (broad SMARTS) is 1.